The van der Waals surface area contributed by atoms with E-state index in [0.29, 0.717) is 18.3 Å². The maximum absolute atomic E-state index is 13.1. The third kappa shape index (κ3) is 8.19. The predicted octanol–water partition coefficient (Wildman–Crippen LogP) is 11.7. The van der Waals surface area contributed by atoms with Crippen LogP contribution in [0.5, 0.6) is 11.5 Å². The third-order valence-corrected chi connectivity index (χ3v) is 13.7. The van der Waals surface area contributed by atoms with Crippen molar-refractivity contribution in [3.05, 3.63) is 71.8 Å². The molecule has 0 spiro atoms. The Bertz CT molecular complexity index is 1480. The molecule has 10 heteroatoms. The highest BCUT2D eigenvalue weighted by Crippen LogP contribution is 2.71. The summed E-state index contributed by atoms with van der Waals surface area (Å²) in [5.74, 6) is -0.848. The summed E-state index contributed by atoms with van der Waals surface area (Å²) in [4.78, 5) is 0. The summed E-state index contributed by atoms with van der Waals surface area (Å²) in [5, 5.41) is 0. The quantitative estimate of drug-likeness (QED) is 0.0970. The normalized spacial score (nSPS) is 30.2. The van der Waals surface area contributed by atoms with E-state index in [-0.39, 0.29) is 41.5 Å². The molecule has 0 aromatic heterocycles. The van der Waals surface area contributed by atoms with E-state index in [9.17, 15) is 22.0 Å². The van der Waals surface area contributed by atoms with Crippen LogP contribution in [0.2, 0.25) is 0 Å². The lowest BCUT2D eigenvalue weighted by Crippen LogP contribution is -2.54. The van der Waals surface area contributed by atoms with Gasteiger partial charge in [0.25, 0.3) is 0 Å². The number of alkyl halides is 5. The minimum Gasteiger partial charge on any atom is -0.497 e. The van der Waals surface area contributed by atoms with Gasteiger partial charge in [-0.1, -0.05) is 31.2 Å². The molecule has 6 rings (SSSR count). The van der Waals surface area contributed by atoms with Crippen molar-refractivity contribution >= 4 is 11.8 Å². The van der Waals surface area contributed by atoms with Crippen LogP contribution in [0.1, 0.15) is 112 Å². The Hall–Kier alpha value is -2.30. The van der Waals surface area contributed by atoms with Gasteiger partial charge in [-0.15, -0.1) is 6.58 Å². The number of rotatable bonds is 16. The SMILES string of the molecule is C=C[C@@]12CCc3cc(OC)ccc3[C@H]1[C@@H](c1ccc(OCCCCCSCCCC(F)(F)C(F)(F)F)cc1)C[C@]1(C)[C@@H](OC3CCCCO3)CC[C@H]12. The van der Waals surface area contributed by atoms with Crippen molar-refractivity contribution in [1.82, 2.24) is 0 Å². The second-order valence-electron chi connectivity index (χ2n) is 15.6. The monoisotopic (exact) mass is 750 g/mol. The first-order valence-electron chi connectivity index (χ1n) is 19.2. The summed E-state index contributed by atoms with van der Waals surface area (Å²) in [7, 11) is 1.73. The number of hydrogen-bond acceptors (Lipinski definition) is 5. The molecule has 0 N–H and O–H groups in total. The Labute approximate surface area is 310 Å². The molecule has 288 valence electrons. The summed E-state index contributed by atoms with van der Waals surface area (Å²) in [6.45, 7) is 8.36. The number of aryl methyl sites for hydroxylation is 1. The van der Waals surface area contributed by atoms with Crippen molar-refractivity contribution in [1.29, 1.82) is 0 Å². The molecular weight excluding hydrogens is 696 g/mol. The Morgan fingerprint density at radius 2 is 1.71 bits per heavy atom. The van der Waals surface area contributed by atoms with Gasteiger partial charge in [-0.25, -0.2) is 0 Å². The molecule has 0 radical (unpaired) electrons. The molecule has 2 aromatic carbocycles. The Kier molecular flexibility index (Phi) is 12.6. The first kappa shape index (κ1) is 39.4. The van der Waals surface area contributed by atoms with Crippen LogP contribution >= 0.6 is 11.8 Å². The summed E-state index contributed by atoms with van der Waals surface area (Å²) in [6.07, 6.45) is 6.60. The number of hydrogen-bond donors (Lipinski definition) is 0. The fourth-order valence-corrected chi connectivity index (χ4v) is 10.9. The molecule has 2 aromatic rings. The van der Waals surface area contributed by atoms with Crippen LogP contribution in [0.15, 0.2) is 55.1 Å². The van der Waals surface area contributed by atoms with Gasteiger partial charge in [0, 0.05) is 18.9 Å². The molecule has 3 fully saturated rings. The largest absolute Gasteiger partial charge is 0.497 e. The number of halogens is 5. The van der Waals surface area contributed by atoms with Crippen LogP contribution < -0.4 is 9.47 Å². The van der Waals surface area contributed by atoms with Gasteiger partial charge in [-0.05, 0) is 152 Å². The van der Waals surface area contributed by atoms with Gasteiger partial charge >= 0.3 is 12.1 Å². The van der Waals surface area contributed by atoms with Crippen LogP contribution in [0.3, 0.4) is 0 Å². The maximum Gasteiger partial charge on any atom is 0.453 e. The first-order chi connectivity index (χ1) is 24.9. The summed E-state index contributed by atoms with van der Waals surface area (Å²) < 4.78 is 87.8. The summed E-state index contributed by atoms with van der Waals surface area (Å²) in [5.41, 5.74) is 4.00. The van der Waals surface area contributed by atoms with E-state index in [1.54, 1.807) is 7.11 Å². The highest BCUT2D eigenvalue weighted by atomic mass is 32.2. The molecule has 1 aliphatic heterocycles. The minimum atomic E-state index is -5.47. The van der Waals surface area contributed by atoms with Gasteiger partial charge in [-0.2, -0.15) is 33.7 Å². The lowest BCUT2D eigenvalue weighted by atomic mass is 9.44. The molecule has 1 unspecified atom stereocenters. The highest BCUT2D eigenvalue weighted by molar-refractivity contribution is 7.99. The fourth-order valence-electron chi connectivity index (χ4n) is 9.99. The minimum absolute atomic E-state index is 0.0260. The van der Waals surface area contributed by atoms with Gasteiger partial charge in [0.15, 0.2) is 6.29 Å². The standard InChI is InChI=1S/C42H55F5O4S/c1-4-40-22-20-30-27-32(48-3)16-17-33(30)38(40)34(28-39(2)35(40)18-19-36(39)51-37-11-6-8-24-50-37)29-12-14-31(15-13-29)49-23-7-5-9-25-52-26-10-21-41(43,44)42(45,46)47/h4,12-17,27,34-38H,1,5-11,18-26,28H2,2-3H3/t34-,35-,36+,37?,38+,39+,40+/m1/s1. The number of benzene rings is 2. The van der Waals surface area contributed by atoms with Gasteiger partial charge in [-0.3, -0.25) is 0 Å². The van der Waals surface area contributed by atoms with E-state index in [1.807, 2.05) is 0 Å². The number of ether oxygens (including phenoxy) is 4. The van der Waals surface area contributed by atoms with E-state index in [4.69, 9.17) is 18.9 Å². The van der Waals surface area contributed by atoms with Crippen molar-refractivity contribution in [3.8, 4) is 11.5 Å². The molecule has 3 aliphatic carbocycles. The predicted molar refractivity (Wildman–Crippen MR) is 197 cm³/mol. The number of methoxy groups -OCH3 is 1. The lowest BCUT2D eigenvalue weighted by Gasteiger charge is -2.60. The molecule has 4 aliphatic rings. The molecule has 1 heterocycles. The van der Waals surface area contributed by atoms with Crippen molar-refractivity contribution in [2.24, 2.45) is 16.7 Å². The van der Waals surface area contributed by atoms with Crippen LogP contribution in [0, 0.1) is 16.7 Å². The van der Waals surface area contributed by atoms with Crippen molar-refractivity contribution in [2.75, 3.05) is 31.8 Å². The lowest BCUT2D eigenvalue weighted by molar-refractivity contribution is -0.284. The Morgan fingerprint density at radius 3 is 2.42 bits per heavy atom. The molecule has 0 bridgehead atoms. The van der Waals surface area contributed by atoms with Crippen LogP contribution in [0.4, 0.5) is 22.0 Å². The average molecular weight is 751 g/mol. The summed E-state index contributed by atoms with van der Waals surface area (Å²) >= 11 is 1.43. The smallest absolute Gasteiger partial charge is 0.453 e. The van der Waals surface area contributed by atoms with Crippen LogP contribution in [-0.4, -0.2) is 56.3 Å². The van der Waals surface area contributed by atoms with E-state index in [0.717, 1.165) is 94.5 Å². The van der Waals surface area contributed by atoms with Crippen molar-refractivity contribution < 1.29 is 40.9 Å². The number of allylic oxidation sites excluding steroid dienone is 1. The van der Waals surface area contributed by atoms with Crippen LogP contribution in [0.25, 0.3) is 0 Å². The third-order valence-electron chi connectivity index (χ3n) is 12.6. The van der Waals surface area contributed by atoms with E-state index in [2.05, 4.69) is 62.0 Å². The van der Waals surface area contributed by atoms with Crippen molar-refractivity contribution in [3.63, 3.8) is 0 Å². The summed E-state index contributed by atoms with van der Waals surface area (Å²) in [6, 6.07) is 15.3. The molecule has 52 heavy (non-hydrogen) atoms. The zero-order valence-electron chi connectivity index (χ0n) is 30.7. The zero-order valence-corrected chi connectivity index (χ0v) is 31.5. The fraction of sp³-hybridized carbons (Fsp3) is 0.667. The Balaban J connectivity index is 1.10. The van der Waals surface area contributed by atoms with Crippen LogP contribution in [-0.2, 0) is 15.9 Å². The van der Waals surface area contributed by atoms with E-state index < -0.39 is 18.5 Å². The second-order valence-corrected chi connectivity index (χ2v) is 16.8. The van der Waals surface area contributed by atoms with Crippen molar-refractivity contribution in [2.45, 2.75) is 127 Å². The number of unbranched alkanes of at least 4 members (excludes halogenated alkanes) is 2. The molecular formula is C42H55F5O4S. The maximum atomic E-state index is 13.1. The second kappa shape index (κ2) is 16.6. The first-order valence-corrected chi connectivity index (χ1v) is 20.4. The van der Waals surface area contributed by atoms with E-state index in [1.165, 1.54) is 28.5 Å². The van der Waals surface area contributed by atoms with Gasteiger partial charge in [0.1, 0.15) is 11.5 Å². The van der Waals surface area contributed by atoms with Gasteiger partial charge in [0.2, 0.25) is 0 Å². The highest BCUT2D eigenvalue weighted by Gasteiger charge is 2.64. The number of thioether (sulfide) groups is 1. The number of fused-ring (bicyclic) bond motifs is 5. The molecule has 7 atom stereocenters. The zero-order chi connectivity index (χ0) is 37.0. The average Bonchev–Trinajstić information content (AvgIpc) is 3.47. The Morgan fingerprint density at radius 1 is 0.942 bits per heavy atom. The van der Waals surface area contributed by atoms with Gasteiger partial charge in [0.05, 0.1) is 19.8 Å². The molecule has 2 saturated carbocycles. The van der Waals surface area contributed by atoms with E-state index >= 15 is 0 Å². The topological polar surface area (TPSA) is 36.9 Å². The molecule has 1 saturated heterocycles. The molecule has 4 nitrogen and oxygen atoms in total. The molecule has 0 amide bonds. The van der Waals surface area contributed by atoms with Gasteiger partial charge < -0.3 is 18.9 Å².